The van der Waals surface area contributed by atoms with Gasteiger partial charge in [-0.3, -0.25) is 15.0 Å². The second-order valence-electron chi connectivity index (χ2n) is 5.91. The maximum absolute atomic E-state index is 11.2. The minimum atomic E-state index is -0.353. The van der Waals surface area contributed by atoms with Crippen LogP contribution in [0.4, 0.5) is 5.69 Å². The van der Waals surface area contributed by atoms with Crippen molar-refractivity contribution in [2.75, 3.05) is 33.4 Å². The minimum Gasteiger partial charge on any atom is -0.490 e. The highest BCUT2D eigenvalue weighted by molar-refractivity contribution is 5.55. The van der Waals surface area contributed by atoms with Gasteiger partial charge in [0, 0.05) is 30.8 Å². The van der Waals surface area contributed by atoms with Gasteiger partial charge >= 0.3 is 5.69 Å². The van der Waals surface area contributed by atoms with Gasteiger partial charge in [0.05, 0.1) is 25.2 Å². The Kier molecular flexibility index (Phi) is 4.59. The van der Waals surface area contributed by atoms with E-state index in [9.17, 15) is 10.1 Å². The van der Waals surface area contributed by atoms with E-state index in [1.54, 1.807) is 6.07 Å². The lowest BCUT2D eigenvalue weighted by molar-refractivity contribution is -0.385. The molecule has 0 radical (unpaired) electrons. The van der Waals surface area contributed by atoms with Crippen molar-refractivity contribution < 1.29 is 14.4 Å². The van der Waals surface area contributed by atoms with Gasteiger partial charge < -0.3 is 9.47 Å². The largest absolute Gasteiger partial charge is 0.490 e. The zero-order chi connectivity index (χ0) is 15.5. The molecule has 1 saturated heterocycles. The third kappa shape index (κ3) is 2.94. The van der Waals surface area contributed by atoms with Gasteiger partial charge in [0.15, 0.2) is 5.75 Å². The van der Waals surface area contributed by atoms with Gasteiger partial charge in [0.25, 0.3) is 0 Å². The first-order valence-corrected chi connectivity index (χ1v) is 7.85. The molecule has 0 saturated carbocycles. The van der Waals surface area contributed by atoms with E-state index >= 15 is 0 Å². The van der Waals surface area contributed by atoms with Crippen LogP contribution < -0.4 is 4.74 Å². The number of fused-ring (bicyclic) bond motifs is 1. The third-order valence-corrected chi connectivity index (χ3v) is 4.72. The van der Waals surface area contributed by atoms with Gasteiger partial charge in [-0.05, 0) is 31.2 Å². The van der Waals surface area contributed by atoms with Crippen molar-refractivity contribution in [1.29, 1.82) is 0 Å². The molecule has 1 aromatic rings. The highest BCUT2D eigenvalue weighted by Gasteiger charge is 2.29. The van der Waals surface area contributed by atoms with Crippen molar-refractivity contribution in [2.45, 2.75) is 31.7 Å². The average molecular weight is 306 g/mol. The van der Waals surface area contributed by atoms with Gasteiger partial charge in [-0.1, -0.05) is 6.07 Å². The number of ether oxygens (including phenoxy) is 2. The van der Waals surface area contributed by atoms with E-state index in [2.05, 4.69) is 4.90 Å². The Balaban J connectivity index is 1.93. The Bertz CT molecular complexity index is 555. The van der Waals surface area contributed by atoms with Crippen LogP contribution in [-0.4, -0.2) is 49.3 Å². The van der Waals surface area contributed by atoms with E-state index in [-0.39, 0.29) is 10.6 Å². The molecule has 1 atom stereocenters. The van der Waals surface area contributed by atoms with E-state index < -0.39 is 0 Å². The van der Waals surface area contributed by atoms with Crippen LogP contribution in [0.5, 0.6) is 5.75 Å². The Hall–Kier alpha value is -1.66. The summed E-state index contributed by atoms with van der Waals surface area (Å²) in [4.78, 5) is 13.3. The van der Waals surface area contributed by atoms with Crippen molar-refractivity contribution in [3.05, 3.63) is 33.4 Å². The van der Waals surface area contributed by atoms with Crippen LogP contribution in [0.3, 0.4) is 0 Å². The standard InChI is InChI=1S/C16H22N2O4/c1-21-16-14-11-13(17-7-9-22-10-8-17)4-2-3-12(14)5-6-15(16)18(19)20/h5-6,13H,2-4,7-11H2,1H3. The van der Waals surface area contributed by atoms with Crippen molar-refractivity contribution in [3.63, 3.8) is 0 Å². The van der Waals surface area contributed by atoms with E-state index in [1.807, 2.05) is 6.07 Å². The lowest BCUT2D eigenvalue weighted by Gasteiger charge is -2.34. The molecule has 22 heavy (non-hydrogen) atoms. The van der Waals surface area contributed by atoms with Gasteiger partial charge in [-0.15, -0.1) is 0 Å². The zero-order valence-corrected chi connectivity index (χ0v) is 12.9. The van der Waals surface area contributed by atoms with Gasteiger partial charge in [-0.25, -0.2) is 0 Å². The highest BCUT2D eigenvalue weighted by atomic mass is 16.6. The maximum atomic E-state index is 11.2. The minimum absolute atomic E-state index is 0.0730. The fourth-order valence-electron chi connectivity index (χ4n) is 3.61. The first-order valence-electron chi connectivity index (χ1n) is 7.85. The van der Waals surface area contributed by atoms with Crippen LogP contribution in [0.15, 0.2) is 12.1 Å². The fraction of sp³-hybridized carbons (Fsp3) is 0.625. The number of hydrogen-bond donors (Lipinski definition) is 0. The van der Waals surface area contributed by atoms with Gasteiger partial charge in [0.1, 0.15) is 0 Å². The molecule has 1 heterocycles. The molecule has 1 unspecified atom stereocenters. The molecule has 0 N–H and O–H groups in total. The molecule has 1 aliphatic heterocycles. The van der Waals surface area contributed by atoms with Crippen molar-refractivity contribution >= 4 is 5.69 Å². The van der Waals surface area contributed by atoms with E-state index in [4.69, 9.17) is 9.47 Å². The summed E-state index contributed by atoms with van der Waals surface area (Å²) in [6, 6.07) is 3.89. The van der Waals surface area contributed by atoms with Crippen LogP contribution in [0.1, 0.15) is 24.0 Å². The zero-order valence-electron chi connectivity index (χ0n) is 12.9. The van der Waals surface area contributed by atoms with Crippen molar-refractivity contribution in [2.24, 2.45) is 0 Å². The van der Waals surface area contributed by atoms with Crippen molar-refractivity contribution in [3.8, 4) is 5.75 Å². The Morgan fingerprint density at radius 1 is 1.36 bits per heavy atom. The predicted octanol–water partition coefficient (Wildman–Crippen LogP) is 2.18. The second kappa shape index (κ2) is 6.62. The number of nitrogens with zero attached hydrogens (tertiary/aromatic N) is 2. The molecule has 0 bridgehead atoms. The number of aryl methyl sites for hydroxylation is 1. The number of methoxy groups -OCH3 is 1. The molecule has 2 aliphatic rings. The quantitative estimate of drug-likeness (QED) is 0.486. The Morgan fingerprint density at radius 2 is 2.14 bits per heavy atom. The lowest BCUT2D eigenvalue weighted by atomic mass is 9.98. The number of benzene rings is 1. The number of morpholine rings is 1. The van der Waals surface area contributed by atoms with Crippen LogP contribution >= 0.6 is 0 Å². The first kappa shape index (κ1) is 15.2. The molecule has 1 aliphatic carbocycles. The topological polar surface area (TPSA) is 64.8 Å². The van der Waals surface area contributed by atoms with Gasteiger partial charge in [-0.2, -0.15) is 0 Å². The molecule has 3 rings (SSSR count). The summed E-state index contributed by atoms with van der Waals surface area (Å²) in [5, 5.41) is 11.2. The monoisotopic (exact) mass is 306 g/mol. The average Bonchev–Trinajstić information content (AvgIpc) is 2.76. The molecule has 1 aromatic carbocycles. The summed E-state index contributed by atoms with van der Waals surface area (Å²) in [5.41, 5.74) is 2.28. The summed E-state index contributed by atoms with van der Waals surface area (Å²) < 4.78 is 10.8. The van der Waals surface area contributed by atoms with Crippen LogP contribution in [0.2, 0.25) is 0 Å². The molecule has 0 spiro atoms. The summed E-state index contributed by atoms with van der Waals surface area (Å²) in [7, 11) is 1.53. The maximum Gasteiger partial charge on any atom is 0.311 e. The Morgan fingerprint density at radius 3 is 2.82 bits per heavy atom. The molecule has 6 nitrogen and oxygen atoms in total. The third-order valence-electron chi connectivity index (χ3n) is 4.72. The molecular weight excluding hydrogens is 284 g/mol. The van der Waals surface area contributed by atoms with Gasteiger partial charge in [0.2, 0.25) is 0 Å². The number of hydrogen-bond acceptors (Lipinski definition) is 5. The molecule has 0 aromatic heterocycles. The lowest BCUT2D eigenvalue weighted by Crippen LogP contribution is -2.44. The summed E-state index contributed by atoms with van der Waals surface area (Å²) in [5.74, 6) is 0.447. The summed E-state index contributed by atoms with van der Waals surface area (Å²) in [6.45, 7) is 3.43. The first-order chi connectivity index (χ1) is 10.7. The smallest absolute Gasteiger partial charge is 0.311 e. The van der Waals surface area contributed by atoms with Crippen LogP contribution in [-0.2, 0) is 17.6 Å². The number of nitro benzene ring substituents is 1. The normalized spacial score (nSPS) is 22.7. The van der Waals surface area contributed by atoms with E-state index in [0.29, 0.717) is 11.8 Å². The van der Waals surface area contributed by atoms with Crippen LogP contribution in [0.25, 0.3) is 0 Å². The predicted molar refractivity (Wildman–Crippen MR) is 82.5 cm³/mol. The Labute approximate surface area is 130 Å². The number of rotatable bonds is 3. The fourth-order valence-corrected chi connectivity index (χ4v) is 3.61. The summed E-state index contributed by atoms with van der Waals surface area (Å²) in [6.07, 6.45) is 4.01. The SMILES string of the molecule is COc1c([N+](=O)[O-])ccc2c1CC(N1CCOCC1)CCC2. The molecule has 1 fully saturated rings. The van der Waals surface area contributed by atoms with Crippen LogP contribution in [0, 0.1) is 10.1 Å². The van der Waals surface area contributed by atoms with E-state index in [0.717, 1.165) is 57.6 Å². The van der Waals surface area contributed by atoms with E-state index in [1.165, 1.54) is 12.7 Å². The molecule has 6 heteroatoms. The highest BCUT2D eigenvalue weighted by Crippen LogP contribution is 2.37. The molecule has 120 valence electrons. The number of nitro groups is 1. The molecular formula is C16H22N2O4. The van der Waals surface area contributed by atoms with Crippen molar-refractivity contribution in [1.82, 2.24) is 4.90 Å². The molecule has 0 amide bonds. The second-order valence-corrected chi connectivity index (χ2v) is 5.91. The summed E-state index contributed by atoms with van der Waals surface area (Å²) >= 11 is 0.